The molecule has 45 heavy (non-hydrogen) atoms. The van der Waals surface area contributed by atoms with E-state index in [2.05, 4.69) is 170 Å². The highest BCUT2D eigenvalue weighted by atomic mass is 15.0. The molecule has 1 heteroatoms. The molecule has 0 saturated heterocycles. The minimum absolute atomic E-state index is 1.10. The predicted octanol–water partition coefficient (Wildman–Crippen LogP) is 12.4. The van der Waals surface area contributed by atoms with E-state index < -0.39 is 0 Å². The Hall–Kier alpha value is -5.66. The molecule has 5 aromatic carbocycles. The van der Waals surface area contributed by atoms with Gasteiger partial charge in [-0.25, -0.2) is 0 Å². The van der Waals surface area contributed by atoms with E-state index in [0.717, 1.165) is 22.5 Å². The van der Waals surface area contributed by atoms with Crippen molar-refractivity contribution >= 4 is 51.6 Å². The van der Waals surface area contributed by atoms with Gasteiger partial charge in [-0.15, -0.1) is 0 Å². The van der Waals surface area contributed by atoms with Crippen LogP contribution in [0, 0.1) is 0 Å². The molecule has 0 radical (unpaired) electrons. The number of allylic oxidation sites excluding steroid dienone is 6. The molecule has 6 aromatic rings. The van der Waals surface area contributed by atoms with Crippen LogP contribution in [0.15, 0.2) is 153 Å². The van der Waals surface area contributed by atoms with Gasteiger partial charge in [0.2, 0.25) is 0 Å². The summed E-state index contributed by atoms with van der Waals surface area (Å²) in [7, 11) is 0. The molecular weight excluding hydrogens is 542 g/mol. The molecule has 218 valence electrons. The summed E-state index contributed by atoms with van der Waals surface area (Å²) in [6.45, 7) is 12.1. The molecule has 1 nitrogen and oxygen atoms in total. The zero-order chi connectivity index (χ0) is 31.2. The monoisotopic (exact) mass is 579 g/mol. The molecule has 0 bridgehead atoms. The molecule has 0 unspecified atom stereocenters. The second kappa shape index (κ2) is 13.3. The first kappa shape index (κ1) is 29.4. The first-order valence-electron chi connectivity index (χ1n) is 15.4. The molecule has 1 heterocycles. The molecule has 6 rings (SSSR count). The first-order chi connectivity index (χ1) is 22.2. The average Bonchev–Trinajstić information content (AvgIpc) is 3.40. The molecular formula is C44H37N. The summed E-state index contributed by atoms with van der Waals surface area (Å²) in [5.41, 5.74) is 11.7. The van der Waals surface area contributed by atoms with Crippen LogP contribution in [-0.4, -0.2) is 4.57 Å². The average molecular weight is 580 g/mol. The van der Waals surface area contributed by atoms with Crippen LogP contribution in [0.1, 0.15) is 41.8 Å². The summed E-state index contributed by atoms with van der Waals surface area (Å²) in [5, 5.41) is 3.64. The van der Waals surface area contributed by atoms with Gasteiger partial charge in [-0.05, 0) is 70.8 Å². The Bertz CT molecular complexity index is 2120. The Balaban J connectivity index is 1.32. The second-order valence-electron chi connectivity index (χ2n) is 11.0. The maximum absolute atomic E-state index is 4.19. The van der Waals surface area contributed by atoms with Crippen LogP contribution in [0.5, 0.6) is 0 Å². The van der Waals surface area contributed by atoms with E-state index in [1.165, 1.54) is 49.5 Å². The third-order valence-corrected chi connectivity index (χ3v) is 8.22. The van der Waals surface area contributed by atoms with Gasteiger partial charge in [0, 0.05) is 16.3 Å². The van der Waals surface area contributed by atoms with E-state index in [0.29, 0.717) is 0 Å². The first-order valence-corrected chi connectivity index (χ1v) is 15.4. The number of para-hydroxylation sites is 1. The van der Waals surface area contributed by atoms with Crippen LogP contribution >= 0.6 is 0 Å². The fourth-order valence-corrected chi connectivity index (χ4v) is 6.12. The molecule has 0 amide bonds. The topological polar surface area (TPSA) is 4.93 Å². The van der Waals surface area contributed by atoms with Crippen LogP contribution < -0.4 is 0 Å². The molecule has 1 aromatic heterocycles. The van der Waals surface area contributed by atoms with Crippen LogP contribution in [0.3, 0.4) is 0 Å². The minimum Gasteiger partial charge on any atom is -0.309 e. The van der Waals surface area contributed by atoms with Gasteiger partial charge in [0.1, 0.15) is 0 Å². The van der Waals surface area contributed by atoms with Gasteiger partial charge < -0.3 is 4.57 Å². The van der Waals surface area contributed by atoms with E-state index in [4.69, 9.17) is 0 Å². The van der Waals surface area contributed by atoms with Gasteiger partial charge in [-0.1, -0.05) is 159 Å². The van der Waals surface area contributed by atoms with Gasteiger partial charge in [-0.2, -0.15) is 0 Å². The number of nitrogens with zero attached hydrogens (tertiary/aromatic N) is 1. The van der Waals surface area contributed by atoms with Crippen molar-refractivity contribution in [3.8, 4) is 16.8 Å². The van der Waals surface area contributed by atoms with Gasteiger partial charge in [-0.3, -0.25) is 0 Å². The Morgan fingerprint density at radius 1 is 0.622 bits per heavy atom. The number of hydrogen-bond acceptors (Lipinski definition) is 0. The van der Waals surface area contributed by atoms with Gasteiger partial charge >= 0.3 is 0 Å². The summed E-state index contributed by atoms with van der Waals surface area (Å²) >= 11 is 0. The summed E-state index contributed by atoms with van der Waals surface area (Å²) in [6.07, 6.45) is 18.7. The lowest BCUT2D eigenvalue weighted by molar-refractivity contribution is 1.12. The van der Waals surface area contributed by atoms with Gasteiger partial charge in [0.15, 0.2) is 0 Å². The highest BCUT2D eigenvalue weighted by Gasteiger charge is 2.16. The highest BCUT2D eigenvalue weighted by molar-refractivity contribution is 6.02. The van der Waals surface area contributed by atoms with Gasteiger partial charge in [0.25, 0.3) is 0 Å². The molecule has 0 aliphatic rings. The second-order valence-corrected chi connectivity index (χ2v) is 11.0. The summed E-state index contributed by atoms with van der Waals surface area (Å²) in [5.74, 6) is 0. The molecule has 0 spiro atoms. The number of hydrogen-bond donors (Lipinski definition) is 0. The smallest absolute Gasteiger partial charge is 0.0541 e. The van der Waals surface area contributed by atoms with Crippen molar-refractivity contribution in [2.75, 3.05) is 0 Å². The number of fused-ring (bicyclic) bond motifs is 2. The summed E-state index contributed by atoms with van der Waals surface area (Å²) in [4.78, 5) is 0. The maximum Gasteiger partial charge on any atom is 0.0541 e. The number of aromatic nitrogens is 1. The van der Waals surface area contributed by atoms with Crippen molar-refractivity contribution in [2.24, 2.45) is 0 Å². The summed E-state index contributed by atoms with van der Waals surface area (Å²) in [6, 6.07) is 39.2. The zero-order valence-corrected chi connectivity index (χ0v) is 25.9. The Morgan fingerprint density at radius 2 is 1.29 bits per heavy atom. The fourth-order valence-electron chi connectivity index (χ4n) is 6.12. The standard InChI is InChI=1S/C44H37N/c1-5-13-33(14-6-2)35-26-28-36(29-27-35)34-23-20-32(21-24-34)22-25-37-30-31-44(40-17-10-9-16-38(37)40)45-42(8-4)39(15-7-3)41-18-11-12-19-43(41)45/h5-31H,1,4H2,2-3H3/b14-6-,15-7-,25-22+,33-13+. The lowest BCUT2D eigenvalue weighted by Gasteiger charge is -2.14. The zero-order valence-electron chi connectivity index (χ0n) is 25.9. The quantitative estimate of drug-likeness (QED) is 0.119. The van der Waals surface area contributed by atoms with Crippen LogP contribution in [0.25, 0.3) is 68.4 Å². The van der Waals surface area contributed by atoms with Gasteiger partial charge in [0.05, 0.1) is 16.9 Å². The maximum atomic E-state index is 4.19. The largest absolute Gasteiger partial charge is 0.309 e. The lowest BCUT2D eigenvalue weighted by atomic mass is 9.98. The molecule has 0 aliphatic carbocycles. The third-order valence-electron chi connectivity index (χ3n) is 8.22. The van der Waals surface area contributed by atoms with Crippen LogP contribution in [-0.2, 0) is 0 Å². The van der Waals surface area contributed by atoms with Crippen LogP contribution in [0.2, 0.25) is 0 Å². The number of rotatable bonds is 9. The highest BCUT2D eigenvalue weighted by Crippen LogP contribution is 2.35. The Morgan fingerprint density at radius 3 is 1.96 bits per heavy atom. The van der Waals surface area contributed by atoms with Crippen molar-refractivity contribution in [3.63, 3.8) is 0 Å². The molecule has 0 N–H and O–H groups in total. The molecule has 0 aliphatic heterocycles. The lowest BCUT2D eigenvalue weighted by Crippen LogP contribution is -1.99. The van der Waals surface area contributed by atoms with E-state index in [-0.39, 0.29) is 0 Å². The third kappa shape index (κ3) is 5.81. The van der Waals surface area contributed by atoms with Crippen molar-refractivity contribution < 1.29 is 0 Å². The SMILES string of the molecule is C=C/C=C(\C=C/C)c1ccc(-c2ccc(/C=C/c3ccc(-n4c(C=C)c(/C=C\C)c5ccccc54)c4ccccc34)cc2)cc1. The molecule has 0 atom stereocenters. The Labute approximate surface area is 266 Å². The fraction of sp³-hybridized carbons (Fsp3) is 0.0455. The Kier molecular flexibility index (Phi) is 8.71. The number of benzene rings is 5. The van der Waals surface area contributed by atoms with Crippen LogP contribution in [0.4, 0.5) is 0 Å². The van der Waals surface area contributed by atoms with Crippen molar-refractivity contribution in [1.82, 2.24) is 4.57 Å². The normalized spacial score (nSPS) is 12.3. The van der Waals surface area contributed by atoms with Crippen molar-refractivity contribution in [3.05, 3.63) is 181 Å². The van der Waals surface area contributed by atoms with E-state index in [1.807, 2.05) is 25.2 Å². The molecule has 0 saturated carbocycles. The summed E-state index contributed by atoms with van der Waals surface area (Å²) < 4.78 is 2.34. The molecule has 0 fully saturated rings. The van der Waals surface area contributed by atoms with Crippen molar-refractivity contribution in [2.45, 2.75) is 13.8 Å². The minimum atomic E-state index is 1.10. The van der Waals surface area contributed by atoms with E-state index >= 15 is 0 Å². The van der Waals surface area contributed by atoms with E-state index in [9.17, 15) is 0 Å². The van der Waals surface area contributed by atoms with Crippen molar-refractivity contribution in [1.29, 1.82) is 0 Å². The van der Waals surface area contributed by atoms with E-state index in [1.54, 1.807) is 0 Å². The predicted molar refractivity (Wildman–Crippen MR) is 199 cm³/mol.